The number of hydrogen-bond acceptors (Lipinski definition) is 9. The van der Waals surface area contributed by atoms with E-state index in [1.165, 1.54) is 6.33 Å². The Labute approximate surface area is 187 Å². The molecule has 166 valence electrons. The predicted molar refractivity (Wildman–Crippen MR) is 123 cm³/mol. The summed E-state index contributed by atoms with van der Waals surface area (Å²) in [5.74, 6) is 0.402. The van der Waals surface area contributed by atoms with E-state index in [-0.39, 0.29) is 12.1 Å². The molecule has 3 aromatic heterocycles. The van der Waals surface area contributed by atoms with E-state index in [2.05, 4.69) is 38.5 Å². The number of benzene rings is 1. The van der Waals surface area contributed by atoms with Crippen molar-refractivity contribution in [2.75, 3.05) is 24.7 Å². The van der Waals surface area contributed by atoms with Gasteiger partial charge in [0.2, 0.25) is 0 Å². The molecule has 2 fully saturated rings. The average molecular weight is 453 g/mol. The van der Waals surface area contributed by atoms with Gasteiger partial charge in [-0.05, 0) is 36.6 Å². The van der Waals surface area contributed by atoms with Crippen molar-refractivity contribution in [1.29, 1.82) is 0 Å². The van der Waals surface area contributed by atoms with Crippen molar-refractivity contribution in [1.82, 2.24) is 19.5 Å². The molecule has 0 radical (unpaired) electrons. The molecule has 1 saturated carbocycles. The highest BCUT2D eigenvalue weighted by atomic mass is 32.1. The lowest BCUT2D eigenvalue weighted by molar-refractivity contribution is -0.0309. The number of nitrogen functional groups attached to an aromatic ring is 1. The van der Waals surface area contributed by atoms with E-state index in [1.54, 1.807) is 11.3 Å². The molecule has 32 heavy (non-hydrogen) atoms. The van der Waals surface area contributed by atoms with E-state index in [0.717, 1.165) is 26.3 Å². The third-order valence-corrected chi connectivity index (χ3v) is 8.07. The van der Waals surface area contributed by atoms with E-state index < -0.39 is 17.6 Å². The molecule has 5 atom stereocenters. The Hall–Kier alpha value is -2.79. The molecular weight excluding hydrogens is 428 g/mol. The number of nitrogens with one attached hydrogen (secondary N) is 1. The summed E-state index contributed by atoms with van der Waals surface area (Å²) in [6.45, 7) is 0.388. The minimum absolute atomic E-state index is 0.154. The topological polar surface area (TPSA) is 131 Å². The van der Waals surface area contributed by atoms with Gasteiger partial charge in [0.15, 0.2) is 5.13 Å². The summed E-state index contributed by atoms with van der Waals surface area (Å²) in [6, 6.07) is 7.72. The highest BCUT2D eigenvalue weighted by Gasteiger charge is 2.57. The molecule has 0 amide bonds. The first kappa shape index (κ1) is 19.9. The second-order valence-electron chi connectivity index (χ2n) is 8.79. The molecular formula is C22H24N6O3S. The number of aliphatic hydroxyl groups excluding tert-OH is 2. The number of rotatable bonds is 3. The van der Waals surface area contributed by atoms with Crippen LogP contribution in [-0.2, 0) is 4.74 Å². The zero-order valence-electron chi connectivity index (χ0n) is 17.5. The molecule has 1 aliphatic heterocycles. The van der Waals surface area contributed by atoms with Gasteiger partial charge in [0, 0.05) is 18.7 Å². The molecule has 0 bridgehead atoms. The number of aliphatic hydroxyl groups is 2. The van der Waals surface area contributed by atoms with Crippen LogP contribution in [-0.4, -0.2) is 55.6 Å². The SMILES string of the molecule is CNc1nc2cc(C3CC4(CO3)CC(n3ccc5c(N)ncnc53)C(O)C4O)ccc2s1. The Balaban J connectivity index is 1.29. The molecule has 5 N–H and O–H groups in total. The molecule has 4 heterocycles. The number of aromatic nitrogens is 4. The third-order valence-electron chi connectivity index (χ3n) is 7.02. The van der Waals surface area contributed by atoms with Crippen LogP contribution in [0, 0.1) is 5.41 Å². The largest absolute Gasteiger partial charge is 0.390 e. The molecule has 6 rings (SSSR count). The average Bonchev–Trinajstić information content (AvgIpc) is 3.56. The molecule has 10 heteroatoms. The fourth-order valence-corrected chi connectivity index (χ4v) is 6.12. The summed E-state index contributed by atoms with van der Waals surface area (Å²) in [6.07, 6.45) is 2.52. The van der Waals surface area contributed by atoms with Gasteiger partial charge in [-0.15, -0.1) is 0 Å². The van der Waals surface area contributed by atoms with E-state index in [1.807, 2.05) is 23.9 Å². The van der Waals surface area contributed by atoms with Crippen molar-refractivity contribution >= 4 is 43.5 Å². The summed E-state index contributed by atoms with van der Waals surface area (Å²) >= 11 is 1.61. The first-order valence-electron chi connectivity index (χ1n) is 10.6. The van der Waals surface area contributed by atoms with Crippen LogP contribution < -0.4 is 11.1 Å². The second-order valence-corrected chi connectivity index (χ2v) is 9.82. The predicted octanol–water partition coefficient (Wildman–Crippen LogP) is 2.48. The molecule has 9 nitrogen and oxygen atoms in total. The van der Waals surface area contributed by atoms with Crippen molar-refractivity contribution in [3.8, 4) is 0 Å². The van der Waals surface area contributed by atoms with E-state index in [0.29, 0.717) is 30.9 Å². The van der Waals surface area contributed by atoms with Crippen LogP contribution in [0.2, 0.25) is 0 Å². The fraction of sp³-hybridized carbons (Fsp3) is 0.409. The summed E-state index contributed by atoms with van der Waals surface area (Å²) in [4.78, 5) is 13.0. The van der Waals surface area contributed by atoms with E-state index >= 15 is 0 Å². The van der Waals surface area contributed by atoms with Crippen LogP contribution in [0.15, 0.2) is 36.8 Å². The Kier molecular flexibility index (Phi) is 4.41. The lowest BCUT2D eigenvalue weighted by atomic mass is 9.80. The van der Waals surface area contributed by atoms with E-state index in [9.17, 15) is 10.2 Å². The summed E-state index contributed by atoms with van der Waals surface area (Å²) in [7, 11) is 1.86. The van der Waals surface area contributed by atoms with Crippen LogP contribution in [0.4, 0.5) is 10.9 Å². The maximum Gasteiger partial charge on any atom is 0.183 e. The summed E-state index contributed by atoms with van der Waals surface area (Å²) < 4.78 is 9.20. The highest BCUT2D eigenvalue weighted by molar-refractivity contribution is 7.22. The normalized spacial score (nSPS) is 30.1. The van der Waals surface area contributed by atoms with Crippen molar-refractivity contribution in [3.63, 3.8) is 0 Å². The molecule has 1 saturated heterocycles. The van der Waals surface area contributed by atoms with Crippen LogP contribution in [0.25, 0.3) is 21.3 Å². The van der Waals surface area contributed by atoms with Crippen LogP contribution in [0.1, 0.15) is 30.6 Å². The van der Waals surface area contributed by atoms with Gasteiger partial charge in [0.1, 0.15) is 23.9 Å². The van der Waals surface area contributed by atoms with Gasteiger partial charge in [-0.3, -0.25) is 0 Å². The lowest BCUT2D eigenvalue weighted by Crippen LogP contribution is -2.37. The van der Waals surface area contributed by atoms with Crippen LogP contribution in [0.5, 0.6) is 0 Å². The summed E-state index contributed by atoms with van der Waals surface area (Å²) in [5, 5.41) is 26.8. The minimum Gasteiger partial charge on any atom is -0.390 e. The summed E-state index contributed by atoms with van der Waals surface area (Å²) in [5.41, 5.74) is 8.08. The highest BCUT2D eigenvalue weighted by Crippen LogP contribution is 2.55. The number of hydrogen-bond donors (Lipinski definition) is 4. The Morgan fingerprint density at radius 1 is 1.25 bits per heavy atom. The fourth-order valence-electron chi connectivity index (χ4n) is 5.32. The van der Waals surface area contributed by atoms with Gasteiger partial charge in [0.25, 0.3) is 0 Å². The van der Waals surface area contributed by atoms with Gasteiger partial charge in [-0.2, -0.15) is 0 Å². The lowest BCUT2D eigenvalue weighted by Gasteiger charge is -2.26. The van der Waals surface area contributed by atoms with Crippen LogP contribution >= 0.6 is 11.3 Å². The van der Waals surface area contributed by atoms with Gasteiger partial charge in [-0.1, -0.05) is 17.4 Å². The van der Waals surface area contributed by atoms with Gasteiger partial charge >= 0.3 is 0 Å². The number of thiazole rings is 1. The maximum absolute atomic E-state index is 11.1. The molecule has 1 aliphatic carbocycles. The quantitative estimate of drug-likeness (QED) is 0.373. The smallest absolute Gasteiger partial charge is 0.183 e. The van der Waals surface area contributed by atoms with Crippen LogP contribution in [0.3, 0.4) is 0 Å². The van der Waals surface area contributed by atoms with Gasteiger partial charge < -0.3 is 30.6 Å². The Morgan fingerprint density at radius 3 is 2.97 bits per heavy atom. The molecule has 5 unspecified atom stereocenters. The van der Waals surface area contributed by atoms with Crippen molar-refractivity contribution < 1.29 is 14.9 Å². The van der Waals surface area contributed by atoms with Gasteiger partial charge in [-0.25, -0.2) is 15.0 Å². The monoisotopic (exact) mass is 452 g/mol. The van der Waals surface area contributed by atoms with Gasteiger partial charge in [0.05, 0.1) is 40.5 Å². The minimum atomic E-state index is -0.927. The van der Waals surface area contributed by atoms with Crippen molar-refractivity contribution in [3.05, 3.63) is 42.4 Å². The maximum atomic E-state index is 11.1. The zero-order chi connectivity index (χ0) is 22.0. The number of fused-ring (bicyclic) bond motifs is 2. The number of nitrogens with zero attached hydrogens (tertiary/aromatic N) is 4. The van der Waals surface area contributed by atoms with Crippen molar-refractivity contribution in [2.45, 2.75) is 37.2 Å². The number of nitrogens with two attached hydrogens (primary N) is 1. The Morgan fingerprint density at radius 2 is 2.12 bits per heavy atom. The number of ether oxygens (including phenoxy) is 1. The Bertz CT molecular complexity index is 1320. The second kappa shape index (κ2) is 7.11. The molecule has 1 aromatic carbocycles. The zero-order valence-corrected chi connectivity index (χ0v) is 18.3. The third kappa shape index (κ3) is 2.83. The standard InChI is InChI=1S/C22H24N6O3S/c1-24-21-27-13-6-11(2-3-16(13)32-21)15-8-22(9-31-15)7-14(17(29)18(22)30)28-5-4-12-19(23)25-10-26-20(12)28/h2-6,10,14-15,17-18,29-30H,7-9H2,1H3,(H,24,27)(H2,23,25,26). The molecule has 2 aliphatic rings. The molecule has 1 spiro atoms. The van der Waals surface area contributed by atoms with Crippen molar-refractivity contribution in [2.24, 2.45) is 5.41 Å². The molecule has 4 aromatic rings. The first-order valence-corrected chi connectivity index (χ1v) is 11.4. The van der Waals surface area contributed by atoms with E-state index in [4.69, 9.17) is 10.5 Å². The number of anilines is 2. The first-order chi connectivity index (χ1) is 15.5.